The van der Waals surface area contributed by atoms with Gasteiger partial charge in [0.2, 0.25) is 0 Å². The summed E-state index contributed by atoms with van der Waals surface area (Å²) in [5.41, 5.74) is 0.475. The Morgan fingerprint density at radius 3 is 2.43 bits per heavy atom. The molecule has 2 N–H and O–H groups in total. The predicted octanol–water partition coefficient (Wildman–Crippen LogP) is 4.67. The van der Waals surface area contributed by atoms with E-state index in [2.05, 4.69) is 25.2 Å². The molecule has 6 nitrogen and oxygen atoms in total. The first kappa shape index (κ1) is 23.7. The topological polar surface area (TPSA) is 78.9 Å². The van der Waals surface area contributed by atoms with Crippen molar-refractivity contribution in [2.45, 2.75) is 59.2 Å². The lowest BCUT2D eigenvalue weighted by Crippen LogP contribution is -2.49. The highest BCUT2D eigenvalue weighted by atomic mass is 16.6. The first-order valence-corrected chi connectivity index (χ1v) is 10.5. The van der Waals surface area contributed by atoms with Crippen molar-refractivity contribution in [2.24, 2.45) is 5.92 Å². The summed E-state index contributed by atoms with van der Waals surface area (Å²) in [4.78, 5) is 25.8. The molecular formula is C24H34N2O4. The standard InChI is InChI=1S/C24H34N2O4/c1-6-17(2)21(25-23(29)30-24(3,4)5)15-26(16-22(27)28)14-19-12-9-11-18-10-7-8-13-20(18)19/h7-13,17,21H,6,14-16H2,1-5H3,(H,25,29)(H,27,28)/t17-,21+/m0/s1. The number of benzene rings is 2. The molecule has 0 aliphatic carbocycles. The molecule has 0 aliphatic heterocycles. The van der Waals surface area contributed by atoms with E-state index in [-0.39, 0.29) is 18.5 Å². The molecule has 0 radical (unpaired) electrons. The smallest absolute Gasteiger partial charge is 0.407 e. The van der Waals surface area contributed by atoms with Crippen LogP contribution >= 0.6 is 0 Å². The Morgan fingerprint density at radius 1 is 1.13 bits per heavy atom. The minimum Gasteiger partial charge on any atom is -0.480 e. The van der Waals surface area contributed by atoms with Crippen LogP contribution in [0.15, 0.2) is 42.5 Å². The zero-order valence-electron chi connectivity index (χ0n) is 18.6. The fraction of sp³-hybridized carbons (Fsp3) is 0.500. The van der Waals surface area contributed by atoms with Crippen molar-refractivity contribution >= 4 is 22.8 Å². The average molecular weight is 415 g/mol. The van der Waals surface area contributed by atoms with Gasteiger partial charge in [0.1, 0.15) is 5.60 Å². The monoisotopic (exact) mass is 414 g/mol. The third-order valence-corrected chi connectivity index (χ3v) is 5.12. The Morgan fingerprint density at radius 2 is 1.80 bits per heavy atom. The summed E-state index contributed by atoms with van der Waals surface area (Å²) in [5, 5.41) is 14.6. The molecule has 30 heavy (non-hydrogen) atoms. The van der Waals surface area contributed by atoms with Gasteiger partial charge in [-0.3, -0.25) is 9.69 Å². The van der Waals surface area contributed by atoms with Gasteiger partial charge in [0.15, 0.2) is 0 Å². The Labute approximate surface area is 179 Å². The van der Waals surface area contributed by atoms with Crippen LogP contribution in [-0.4, -0.2) is 46.8 Å². The number of carbonyl (C=O) groups excluding carboxylic acids is 1. The van der Waals surface area contributed by atoms with E-state index < -0.39 is 17.7 Å². The van der Waals surface area contributed by atoms with Crippen LogP contribution < -0.4 is 5.32 Å². The molecule has 0 heterocycles. The SMILES string of the molecule is CC[C@H](C)[C@@H](CN(CC(=O)O)Cc1cccc2ccccc12)NC(=O)OC(C)(C)C. The van der Waals surface area contributed by atoms with Gasteiger partial charge in [0.25, 0.3) is 0 Å². The lowest BCUT2D eigenvalue weighted by Gasteiger charge is -2.31. The van der Waals surface area contributed by atoms with Crippen LogP contribution in [0.4, 0.5) is 4.79 Å². The minimum absolute atomic E-state index is 0.105. The Kier molecular flexibility index (Phi) is 8.24. The molecule has 0 aliphatic rings. The summed E-state index contributed by atoms with van der Waals surface area (Å²) >= 11 is 0. The number of carboxylic acid groups (broad SMARTS) is 1. The van der Waals surface area contributed by atoms with Crippen molar-refractivity contribution < 1.29 is 19.4 Å². The number of fused-ring (bicyclic) bond motifs is 1. The van der Waals surface area contributed by atoms with Crippen molar-refractivity contribution in [3.8, 4) is 0 Å². The van der Waals surface area contributed by atoms with Crippen LogP contribution in [0.5, 0.6) is 0 Å². The van der Waals surface area contributed by atoms with Gasteiger partial charge in [-0.05, 0) is 43.0 Å². The number of alkyl carbamates (subject to hydrolysis) is 1. The molecule has 0 bridgehead atoms. The summed E-state index contributed by atoms with van der Waals surface area (Å²) in [5.74, 6) is -0.725. The summed E-state index contributed by atoms with van der Waals surface area (Å²) < 4.78 is 5.42. The predicted molar refractivity (Wildman–Crippen MR) is 119 cm³/mol. The average Bonchev–Trinajstić information content (AvgIpc) is 2.65. The Hall–Kier alpha value is -2.60. The van der Waals surface area contributed by atoms with Gasteiger partial charge >= 0.3 is 12.1 Å². The van der Waals surface area contributed by atoms with Gasteiger partial charge in [0.05, 0.1) is 6.54 Å². The number of carboxylic acids is 1. The van der Waals surface area contributed by atoms with Crippen molar-refractivity contribution in [3.05, 3.63) is 48.0 Å². The number of hydrogen-bond donors (Lipinski definition) is 2. The minimum atomic E-state index is -0.893. The van der Waals surface area contributed by atoms with E-state index in [1.165, 1.54) is 0 Å². The number of rotatable bonds is 9. The lowest BCUT2D eigenvalue weighted by molar-refractivity contribution is -0.138. The fourth-order valence-electron chi connectivity index (χ4n) is 3.44. The number of nitrogens with one attached hydrogen (secondary N) is 1. The molecule has 2 aromatic carbocycles. The van der Waals surface area contributed by atoms with Gasteiger partial charge in [0, 0.05) is 19.1 Å². The first-order chi connectivity index (χ1) is 14.1. The van der Waals surface area contributed by atoms with Crippen LogP contribution in [0.25, 0.3) is 10.8 Å². The molecule has 164 valence electrons. The molecule has 2 aromatic rings. The highest BCUT2D eigenvalue weighted by Crippen LogP contribution is 2.21. The van der Waals surface area contributed by atoms with E-state index in [0.29, 0.717) is 13.1 Å². The van der Waals surface area contributed by atoms with Gasteiger partial charge < -0.3 is 15.2 Å². The van der Waals surface area contributed by atoms with E-state index in [1.54, 1.807) is 0 Å². The van der Waals surface area contributed by atoms with E-state index >= 15 is 0 Å². The zero-order valence-corrected chi connectivity index (χ0v) is 18.6. The molecular weight excluding hydrogens is 380 g/mol. The number of nitrogens with zero attached hydrogens (tertiary/aromatic N) is 1. The first-order valence-electron chi connectivity index (χ1n) is 10.5. The van der Waals surface area contributed by atoms with Crippen molar-refractivity contribution in [1.29, 1.82) is 0 Å². The maximum Gasteiger partial charge on any atom is 0.407 e. The number of carbonyl (C=O) groups is 2. The number of amides is 1. The molecule has 0 spiro atoms. The van der Waals surface area contributed by atoms with Crippen LogP contribution in [0.1, 0.15) is 46.6 Å². The number of ether oxygens (including phenoxy) is 1. The van der Waals surface area contributed by atoms with Gasteiger partial charge in [-0.1, -0.05) is 62.7 Å². The van der Waals surface area contributed by atoms with Crippen LogP contribution in [0, 0.1) is 5.92 Å². The van der Waals surface area contributed by atoms with Crippen molar-refractivity contribution in [3.63, 3.8) is 0 Å². The second kappa shape index (κ2) is 10.4. The molecule has 2 rings (SSSR count). The molecule has 0 saturated carbocycles. The van der Waals surface area contributed by atoms with Gasteiger partial charge in [-0.2, -0.15) is 0 Å². The summed E-state index contributed by atoms with van der Waals surface area (Å²) in [6.07, 6.45) is 0.378. The van der Waals surface area contributed by atoms with Crippen LogP contribution in [0.2, 0.25) is 0 Å². The Balaban J connectivity index is 2.22. The largest absolute Gasteiger partial charge is 0.480 e. The highest BCUT2D eigenvalue weighted by molar-refractivity contribution is 5.85. The molecule has 2 atom stereocenters. The van der Waals surface area contributed by atoms with Gasteiger partial charge in [-0.25, -0.2) is 4.79 Å². The summed E-state index contributed by atoms with van der Waals surface area (Å²) in [6, 6.07) is 13.9. The maximum absolute atomic E-state index is 12.4. The quantitative estimate of drug-likeness (QED) is 0.624. The number of aliphatic carboxylic acids is 1. The second-order valence-corrected chi connectivity index (χ2v) is 8.84. The normalized spacial score (nSPS) is 13.8. The Bertz CT molecular complexity index is 854. The third-order valence-electron chi connectivity index (χ3n) is 5.12. The van der Waals surface area contributed by atoms with Crippen LogP contribution in [-0.2, 0) is 16.1 Å². The van der Waals surface area contributed by atoms with Crippen molar-refractivity contribution in [1.82, 2.24) is 10.2 Å². The van der Waals surface area contributed by atoms with E-state index in [1.807, 2.05) is 62.1 Å². The summed E-state index contributed by atoms with van der Waals surface area (Å²) in [7, 11) is 0. The number of hydrogen-bond acceptors (Lipinski definition) is 4. The van der Waals surface area contributed by atoms with E-state index in [0.717, 1.165) is 22.8 Å². The van der Waals surface area contributed by atoms with Gasteiger partial charge in [-0.15, -0.1) is 0 Å². The second-order valence-electron chi connectivity index (χ2n) is 8.84. The van der Waals surface area contributed by atoms with Crippen LogP contribution in [0.3, 0.4) is 0 Å². The van der Waals surface area contributed by atoms with E-state index in [9.17, 15) is 14.7 Å². The molecule has 6 heteroatoms. The maximum atomic E-state index is 12.4. The lowest BCUT2D eigenvalue weighted by atomic mass is 9.98. The zero-order chi connectivity index (χ0) is 22.3. The highest BCUT2D eigenvalue weighted by Gasteiger charge is 2.25. The molecule has 1 amide bonds. The van der Waals surface area contributed by atoms with E-state index in [4.69, 9.17) is 4.74 Å². The van der Waals surface area contributed by atoms with Crippen molar-refractivity contribution in [2.75, 3.05) is 13.1 Å². The fourth-order valence-corrected chi connectivity index (χ4v) is 3.44. The molecule has 0 fully saturated rings. The third kappa shape index (κ3) is 7.34. The molecule has 0 saturated heterocycles. The molecule has 0 unspecified atom stereocenters. The summed E-state index contributed by atoms with van der Waals surface area (Å²) in [6.45, 7) is 10.4. The molecule has 0 aromatic heterocycles.